The van der Waals surface area contributed by atoms with Gasteiger partial charge in [-0.25, -0.2) is 0 Å². The van der Waals surface area contributed by atoms with E-state index in [2.05, 4.69) is 10.6 Å². The van der Waals surface area contributed by atoms with Crippen LogP contribution in [-0.4, -0.2) is 30.7 Å². The molecule has 1 aromatic rings. The van der Waals surface area contributed by atoms with Gasteiger partial charge in [0.05, 0.1) is 6.54 Å². The van der Waals surface area contributed by atoms with Gasteiger partial charge in [0.2, 0.25) is 11.8 Å². The van der Waals surface area contributed by atoms with Crippen LogP contribution in [0.2, 0.25) is 0 Å². The van der Waals surface area contributed by atoms with Crippen molar-refractivity contribution >= 4 is 17.6 Å². The number of Topliss-reactive ketones (excluding diaryl/α,β-unsaturated/α-hetero) is 1. The van der Waals surface area contributed by atoms with Gasteiger partial charge >= 0.3 is 0 Å². The summed E-state index contributed by atoms with van der Waals surface area (Å²) in [5.74, 6) is -0.587. The maximum Gasteiger partial charge on any atom is 0.239 e. The summed E-state index contributed by atoms with van der Waals surface area (Å²) >= 11 is 0. The van der Waals surface area contributed by atoms with Gasteiger partial charge in [-0.1, -0.05) is 12.1 Å². The second-order valence-electron chi connectivity index (χ2n) is 4.95. The molecule has 0 spiro atoms. The van der Waals surface area contributed by atoms with Crippen LogP contribution >= 0.6 is 0 Å². The fraction of sp³-hybridized carbons (Fsp3) is 0.438. The zero-order valence-electron chi connectivity index (χ0n) is 12.8. The molecule has 0 saturated heterocycles. The van der Waals surface area contributed by atoms with Crippen molar-refractivity contribution in [2.45, 2.75) is 33.6 Å². The number of carbonyl (C=O) groups excluding carboxylic acids is 3. The molecule has 0 radical (unpaired) electrons. The Bertz CT molecular complexity index is 538. The van der Waals surface area contributed by atoms with Crippen LogP contribution in [0.1, 0.15) is 41.3 Å². The van der Waals surface area contributed by atoms with E-state index in [0.717, 1.165) is 11.1 Å². The number of hydrogen-bond acceptors (Lipinski definition) is 3. The van der Waals surface area contributed by atoms with Crippen molar-refractivity contribution in [2.75, 3.05) is 13.1 Å². The SMILES string of the molecule is CCNC(=O)CNC(=O)CCC(=O)c1ccc(C)c(C)c1. The van der Waals surface area contributed by atoms with Crippen LogP contribution in [0.4, 0.5) is 0 Å². The molecular weight excluding hydrogens is 268 g/mol. The zero-order valence-corrected chi connectivity index (χ0v) is 12.8. The molecule has 0 aromatic heterocycles. The van der Waals surface area contributed by atoms with E-state index in [1.807, 2.05) is 32.9 Å². The topological polar surface area (TPSA) is 75.3 Å². The number of nitrogens with one attached hydrogen (secondary N) is 2. The van der Waals surface area contributed by atoms with Gasteiger partial charge in [0.25, 0.3) is 0 Å². The van der Waals surface area contributed by atoms with Crippen LogP contribution in [0.3, 0.4) is 0 Å². The summed E-state index contributed by atoms with van der Waals surface area (Å²) in [5, 5.41) is 5.07. The maximum atomic E-state index is 12.0. The van der Waals surface area contributed by atoms with Crippen molar-refractivity contribution in [3.63, 3.8) is 0 Å². The molecule has 0 fully saturated rings. The first-order valence-corrected chi connectivity index (χ1v) is 7.08. The Morgan fingerprint density at radius 3 is 2.29 bits per heavy atom. The normalized spacial score (nSPS) is 10.0. The molecule has 5 heteroatoms. The Labute approximate surface area is 125 Å². The number of benzene rings is 1. The average Bonchev–Trinajstić information content (AvgIpc) is 2.45. The predicted octanol–water partition coefficient (Wildman–Crippen LogP) is 1.52. The summed E-state index contributed by atoms with van der Waals surface area (Å²) < 4.78 is 0. The van der Waals surface area contributed by atoms with Gasteiger partial charge in [-0.15, -0.1) is 0 Å². The molecule has 0 bridgehead atoms. The summed E-state index contributed by atoms with van der Waals surface area (Å²) in [6.07, 6.45) is 0.231. The van der Waals surface area contributed by atoms with Gasteiger partial charge in [-0.3, -0.25) is 14.4 Å². The van der Waals surface area contributed by atoms with Crippen molar-refractivity contribution in [2.24, 2.45) is 0 Å². The van der Waals surface area contributed by atoms with E-state index in [1.165, 1.54) is 0 Å². The van der Waals surface area contributed by atoms with Crippen molar-refractivity contribution in [1.29, 1.82) is 0 Å². The number of amides is 2. The highest BCUT2D eigenvalue weighted by Gasteiger charge is 2.10. The van der Waals surface area contributed by atoms with E-state index >= 15 is 0 Å². The lowest BCUT2D eigenvalue weighted by Gasteiger charge is -2.06. The zero-order chi connectivity index (χ0) is 15.8. The van der Waals surface area contributed by atoms with Crippen molar-refractivity contribution in [3.05, 3.63) is 34.9 Å². The molecule has 21 heavy (non-hydrogen) atoms. The van der Waals surface area contributed by atoms with Gasteiger partial charge in [-0.2, -0.15) is 0 Å². The van der Waals surface area contributed by atoms with E-state index < -0.39 is 0 Å². The molecule has 0 atom stereocenters. The van der Waals surface area contributed by atoms with Crippen LogP contribution in [0, 0.1) is 13.8 Å². The number of carbonyl (C=O) groups is 3. The summed E-state index contributed by atoms with van der Waals surface area (Å²) in [5.41, 5.74) is 2.81. The minimum absolute atomic E-state index is 0.0511. The second-order valence-corrected chi connectivity index (χ2v) is 4.95. The van der Waals surface area contributed by atoms with Crippen LogP contribution in [-0.2, 0) is 9.59 Å². The lowest BCUT2D eigenvalue weighted by molar-refractivity contribution is -0.126. The number of rotatable bonds is 7. The van der Waals surface area contributed by atoms with Crippen LogP contribution < -0.4 is 10.6 Å². The van der Waals surface area contributed by atoms with E-state index in [-0.39, 0.29) is 37.0 Å². The van der Waals surface area contributed by atoms with E-state index in [4.69, 9.17) is 0 Å². The summed E-state index contributed by atoms with van der Waals surface area (Å²) in [4.78, 5) is 34.7. The fourth-order valence-corrected chi connectivity index (χ4v) is 1.81. The largest absolute Gasteiger partial charge is 0.355 e. The van der Waals surface area contributed by atoms with Gasteiger partial charge < -0.3 is 10.6 Å². The monoisotopic (exact) mass is 290 g/mol. The Morgan fingerprint density at radius 1 is 0.952 bits per heavy atom. The maximum absolute atomic E-state index is 12.0. The van der Waals surface area contributed by atoms with Gasteiger partial charge in [-0.05, 0) is 38.0 Å². The quantitative estimate of drug-likeness (QED) is 0.748. The molecule has 2 amide bonds. The second kappa shape index (κ2) is 8.19. The standard InChI is InChI=1S/C16H22N2O3/c1-4-17-16(21)10-18-15(20)8-7-14(19)13-6-5-11(2)12(3)9-13/h5-6,9H,4,7-8,10H2,1-3H3,(H,17,21)(H,18,20). The third-order valence-corrected chi connectivity index (χ3v) is 3.23. The molecule has 2 N–H and O–H groups in total. The molecule has 1 aromatic carbocycles. The highest BCUT2D eigenvalue weighted by atomic mass is 16.2. The molecule has 5 nitrogen and oxygen atoms in total. The van der Waals surface area contributed by atoms with Gasteiger partial charge in [0, 0.05) is 24.9 Å². The fourth-order valence-electron chi connectivity index (χ4n) is 1.81. The van der Waals surface area contributed by atoms with Crippen molar-refractivity contribution in [3.8, 4) is 0 Å². The molecule has 114 valence electrons. The van der Waals surface area contributed by atoms with E-state index in [1.54, 1.807) is 6.07 Å². The lowest BCUT2D eigenvalue weighted by Crippen LogP contribution is -2.36. The number of aryl methyl sites for hydroxylation is 2. The van der Waals surface area contributed by atoms with E-state index in [9.17, 15) is 14.4 Å². The first-order valence-electron chi connectivity index (χ1n) is 7.08. The van der Waals surface area contributed by atoms with E-state index in [0.29, 0.717) is 12.1 Å². The Morgan fingerprint density at radius 2 is 1.67 bits per heavy atom. The molecule has 0 aliphatic rings. The molecule has 0 heterocycles. The van der Waals surface area contributed by atoms with Gasteiger partial charge in [0.1, 0.15) is 0 Å². The molecule has 0 aliphatic heterocycles. The number of ketones is 1. The summed E-state index contributed by atoms with van der Waals surface area (Å²) in [6, 6.07) is 5.51. The van der Waals surface area contributed by atoms with Crippen LogP contribution in [0.5, 0.6) is 0 Å². The minimum atomic E-state index is -0.293. The number of hydrogen-bond donors (Lipinski definition) is 2. The smallest absolute Gasteiger partial charge is 0.239 e. The molecule has 1 rings (SSSR count). The molecule has 0 unspecified atom stereocenters. The summed E-state index contributed by atoms with van der Waals surface area (Å²) in [6.45, 7) is 6.22. The number of likely N-dealkylation sites (N-methyl/N-ethyl adjacent to an activating group) is 1. The molecule has 0 aliphatic carbocycles. The highest BCUT2D eigenvalue weighted by molar-refractivity contribution is 5.98. The first-order chi connectivity index (χ1) is 9.93. The van der Waals surface area contributed by atoms with Crippen LogP contribution in [0.15, 0.2) is 18.2 Å². The summed E-state index contributed by atoms with van der Waals surface area (Å²) in [7, 11) is 0. The lowest BCUT2D eigenvalue weighted by atomic mass is 10.0. The Balaban J connectivity index is 2.40. The third-order valence-electron chi connectivity index (χ3n) is 3.23. The minimum Gasteiger partial charge on any atom is -0.355 e. The molecular formula is C16H22N2O3. The third kappa shape index (κ3) is 5.77. The van der Waals surface area contributed by atoms with Crippen molar-refractivity contribution < 1.29 is 14.4 Å². The van der Waals surface area contributed by atoms with Crippen LogP contribution in [0.25, 0.3) is 0 Å². The average molecular weight is 290 g/mol. The van der Waals surface area contributed by atoms with Gasteiger partial charge in [0.15, 0.2) is 5.78 Å². The highest BCUT2D eigenvalue weighted by Crippen LogP contribution is 2.12. The Kier molecular flexibility index (Phi) is 6.59. The predicted molar refractivity (Wildman–Crippen MR) is 81.2 cm³/mol. The first kappa shape index (κ1) is 16.9. The Hall–Kier alpha value is -2.17. The van der Waals surface area contributed by atoms with Crippen molar-refractivity contribution in [1.82, 2.24) is 10.6 Å². The molecule has 0 saturated carbocycles.